The lowest BCUT2D eigenvalue weighted by Crippen LogP contribution is -2.34. The Morgan fingerprint density at radius 1 is 0.931 bits per heavy atom. The van der Waals surface area contributed by atoms with E-state index in [2.05, 4.69) is 0 Å². The van der Waals surface area contributed by atoms with Crippen LogP contribution in [0.1, 0.15) is 18.9 Å². The Bertz CT molecular complexity index is 994. The maximum atomic E-state index is 12.7. The number of carbonyl (C=O) groups is 2. The normalized spacial score (nSPS) is 10.6. The number of rotatable bonds is 8. The number of anilines is 1. The zero-order valence-corrected chi connectivity index (χ0v) is 16.8. The summed E-state index contributed by atoms with van der Waals surface area (Å²) < 4.78 is 10.5. The van der Waals surface area contributed by atoms with Gasteiger partial charge in [0.15, 0.2) is 6.61 Å². The lowest BCUT2D eigenvalue weighted by Gasteiger charge is -2.22. The molecule has 0 aliphatic rings. The van der Waals surface area contributed by atoms with Crippen LogP contribution >= 0.6 is 0 Å². The molecule has 5 heteroatoms. The Hall–Kier alpha value is -3.34. The van der Waals surface area contributed by atoms with Crippen molar-refractivity contribution in [2.45, 2.75) is 19.8 Å². The molecule has 0 aliphatic carbocycles. The van der Waals surface area contributed by atoms with Crippen molar-refractivity contribution in [3.05, 3.63) is 72.3 Å². The largest absolute Gasteiger partial charge is 0.496 e. The first-order valence-electron chi connectivity index (χ1n) is 9.69. The first-order valence-corrected chi connectivity index (χ1v) is 9.69. The summed E-state index contributed by atoms with van der Waals surface area (Å²) in [5.41, 5.74) is 1.75. The molecule has 5 nitrogen and oxygen atoms in total. The number of aryl methyl sites for hydroxylation is 1. The van der Waals surface area contributed by atoms with Gasteiger partial charge >= 0.3 is 5.97 Å². The van der Waals surface area contributed by atoms with Crippen LogP contribution in [0, 0.1) is 0 Å². The molecule has 0 unspecified atom stereocenters. The van der Waals surface area contributed by atoms with Crippen molar-refractivity contribution < 1.29 is 19.1 Å². The van der Waals surface area contributed by atoms with Gasteiger partial charge in [-0.15, -0.1) is 0 Å². The third-order valence-corrected chi connectivity index (χ3v) is 4.82. The number of esters is 1. The number of amides is 1. The number of para-hydroxylation sites is 1. The van der Waals surface area contributed by atoms with E-state index >= 15 is 0 Å². The number of ether oxygens (including phenoxy) is 2. The minimum absolute atomic E-state index is 0.189. The Labute approximate surface area is 170 Å². The minimum Gasteiger partial charge on any atom is -0.496 e. The maximum absolute atomic E-state index is 12.7. The number of nitrogens with zero attached hydrogens (tertiary/aromatic N) is 1. The third-order valence-electron chi connectivity index (χ3n) is 4.82. The molecule has 0 bridgehead atoms. The molecular weight excluding hydrogens is 366 g/mol. The highest BCUT2D eigenvalue weighted by atomic mass is 16.5. The third kappa shape index (κ3) is 4.93. The molecular formula is C24H25NO4. The molecule has 3 rings (SSSR count). The van der Waals surface area contributed by atoms with Gasteiger partial charge in [-0.3, -0.25) is 9.59 Å². The fraction of sp³-hybridized carbons (Fsp3) is 0.250. The van der Waals surface area contributed by atoms with E-state index in [1.54, 1.807) is 12.0 Å². The lowest BCUT2D eigenvalue weighted by molar-refractivity contribution is -0.147. The standard InChI is InChI=1S/C24H25NO4/c1-3-25(21-13-8-11-18-9-4-6-12-20(18)21)23(26)17-29-24(27)16-15-19-10-5-7-14-22(19)28-2/h4-14H,3,15-17H2,1-2H3. The molecule has 0 saturated heterocycles. The van der Waals surface area contributed by atoms with Crippen molar-refractivity contribution in [1.82, 2.24) is 0 Å². The average Bonchev–Trinajstić information content (AvgIpc) is 2.77. The van der Waals surface area contributed by atoms with E-state index in [-0.39, 0.29) is 18.9 Å². The quantitative estimate of drug-likeness (QED) is 0.535. The number of methoxy groups -OCH3 is 1. The fourth-order valence-corrected chi connectivity index (χ4v) is 3.36. The highest BCUT2D eigenvalue weighted by molar-refractivity contribution is 6.04. The molecule has 0 N–H and O–H groups in total. The summed E-state index contributed by atoms with van der Waals surface area (Å²) in [6.45, 7) is 2.12. The minimum atomic E-state index is -0.404. The zero-order valence-electron chi connectivity index (χ0n) is 16.8. The first kappa shape index (κ1) is 20.4. The van der Waals surface area contributed by atoms with Crippen molar-refractivity contribution in [1.29, 1.82) is 0 Å². The van der Waals surface area contributed by atoms with E-state index in [4.69, 9.17) is 9.47 Å². The Morgan fingerprint density at radius 3 is 2.45 bits per heavy atom. The average molecular weight is 391 g/mol. The first-order chi connectivity index (χ1) is 14.1. The monoisotopic (exact) mass is 391 g/mol. The smallest absolute Gasteiger partial charge is 0.306 e. The Balaban J connectivity index is 1.60. The molecule has 3 aromatic rings. The summed E-state index contributed by atoms with van der Waals surface area (Å²) in [6.07, 6.45) is 0.686. The van der Waals surface area contributed by atoms with Crippen molar-refractivity contribution >= 4 is 28.3 Å². The van der Waals surface area contributed by atoms with E-state index in [0.717, 1.165) is 27.8 Å². The molecule has 0 radical (unpaired) electrons. The summed E-state index contributed by atoms with van der Waals surface area (Å²) in [5, 5.41) is 2.05. The molecule has 29 heavy (non-hydrogen) atoms. The van der Waals surface area contributed by atoms with Crippen molar-refractivity contribution in [2.75, 3.05) is 25.2 Å². The van der Waals surface area contributed by atoms with Crippen LogP contribution in [0.15, 0.2) is 66.7 Å². The molecule has 3 aromatic carbocycles. The van der Waals surface area contributed by atoms with Gasteiger partial charge in [0.25, 0.3) is 5.91 Å². The second kappa shape index (κ2) is 9.73. The van der Waals surface area contributed by atoms with E-state index in [1.165, 1.54) is 0 Å². The zero-order chi connectivity index (χ0) is 20.6. The van der Waals surface area contributed by atoms with Crippen LogP contribution < -0.4 is 9.64 Å². The molecule has 0 aromatic heterocycles. The predicted octanol–water partition coefficient (Wildman–Crippen LogP) is 4.38. The number of fused-ring (bicyclic) bond motifs is 1. The number of benzene rings is 3. The number of hydrogen-bond donors (Lipinski definition) is 0. The summed E-state index contributed by atoms with van der Waals surface area (Å²) in [5.74, 6) is 0.0946. The Kier molecular flexibility index (Phi) is 6.85. The van der Waals surface area contributed by atoms with Crippen LogP contribution in [0.3, 0.4) is 0 Å². The van der Waals surface area contributed by atoms with E-state index in [1.807, 2.05) is 73.7 Å². The molecule has 0 saturated carbocycles. The summed E-state index contributed by atoms with van der Waals surface area (Å²) in [4.78, 5) is 26.5. The maximum Gasteiger partial charge on any atom is 0.306 e. The van der Waals surface area contributed by atoms with Gasteiger partial charge in [0.1, 0.15) is 5.75 Å². The summed E-state index contributed by atoms with van der Waals surface area (Å²) in [7, 11) is 1.60. The molecule has 0 spiro atoms. The van der Waals surface area contributed by atoms with Gasteiger partial charge in [-0.1, -0.05) is 54.6 Å². The van der Waals surface area contributed by atoms with E-state index in [9.17, 15) is 9.59 Å². The highest BCUT2D eigenvalue weighted by Gasteiger charge is 2.18. The van der Waals surface area contributed by atoms with Crippen molar-refractivity contribution in [2.24, 2.45) is 0 Å². The van der Waals surface area contributed by atoms with E-state index < -0.39 is 5.97 Å². The number of likely N-dealkylation sites (N-methyl/N-ethyl adjacent to an activating group) is 1. The molecule has 0 aliphatic heterocycles. The topological polar surface area (TPSA) is 55.8 Å². The predicted molar refractivity (Wildman–Crippen MR) is 114 cm³/mol. The van der Waals surface area contributed by atoms with Crippen LogP contribution in [0.25, 0.3) is 10.8 Å². The SMILES string of the molecule is CCN(C(=O)COC(=O)CCc1ccccc1OC)c1cccc2ccccc12. The van der Waals surface area contributed by atoms with E-state index in [0.29, 0.717) is 13.0 Å². The van der Waals surface area contributed by atoms with Crippen LogP contribution in [-0.2, 0) is 20.7 Å². The second-order valence-corrected chi connectivity index (χ2v) is 6.61. The van der Waals surface area contributed by atoms with Gasteiger partial charge in [-0.2, -0.15) is 0 Å². The van der Waals surface area contributed by atoms with Crippen LogP contribution in [-0.4, -0.2) is 32.1 Å². The van der Waals surface area contributed by atoms with Gasteiger partial charge in [-0.25, -0.2) is 0 Å². The Morgan fingerprint density at radius 2 is 1.66 bits per heavy atom. The molecule has 0 atom stereocenters. The van der Waals surface area contributed by atoms with Gasteiger partial charge in [0.05, 0.1) is 12.8 Å². The lowest BCUT2D eigenvalue weighted by atomic mass is 10.1. The van der Waals surface area contributed by atoms with Gasteiger partial charge < -0.3 is 14.4 Å². The molecule has 150 valence electrons. The summed E-state index contributed by atoms with van der Waals surface area (Å²) >= 11 is 0. The van der Waals surface area contributed by atoms with Gasteiger partial charge in [-0.05, 0) is 36.4 Å². The molecule has 1 amide bonds. The van der Waals surface area contributed by atoms with Crippen molar-refractivity contribution in [3.8, 4) is 5.75 Å². The van der Waals surface area contributed by atoms with Gasteiger partial charge in [0.2, 0.25) is 0 Å². The summed E-state index contributed by atoms with van der Waals surface area (Å²) in [6, 6.07) is 21.3. The van der Waals surface area contributed by atoms with Gasteiger partial charge in [0, 0.05) is 18.4 Å². The molecule has 0 fully saturated rings. The van der Waals surface area contributed by atoms with Crippen molar-refractivity contribution in [3.63, 3.8) is 0 Å². The van der Waals surface area contributed by atoms with Crippen LogP contribution in [0.5, 0.6) is 5.75 Å². The number of carbonyl (C=O) groups excluding carboxylic acids is 2. The van der Waals surface area contributed by atoms with Crippen LogP contribution in [0.4, 0.5) is 5.69 Å². The fourth-order valence-electron chi connectivity index (χ4n) is 3.36. The second-order valence-electron chi connectivity index (χ2n) is 6.61. The number of hydrogen-bond acceptors (Lipinski definition) is 4. The molecule has 0 heterocycles. The van der Waals surface area contributed by atoms with Crippen LogP contribution in [0.2, 0.25) is 0 Å². The highest BCUT2D eigenvalue weighted by Crippen LogP contribution is 2.26.